The van der Waals surface area contributed by atoms with Crippen molar-refractivity contribution in [2.75, 3.05) is 47.5 Å². The van der Waals surface area contributed by atoms with Gasteiger partial charge in [0.15, 0.2) is 6.10 Å². The van der Waals surface area contributed by atoms with Crippen LogP contribution in [0.25, 0.3) is 0 Å². The molecular weight excluding hydrogens is 959 g/mol. The van der Waals surface area contributed by atoms with Crippen molar-refractivity contribution < 1.29 is 42.9 Å². The lowest BCUT2D eigenvalue weighted by molar-refractivity contribution is -0.870. The SMILES string of the molecule is CC/C=C\C/C=C\C/C=C\C/C=C\C/C=C\C/C=C\CCCCC(=O)OC(COC(=O)CCCCCCCCCCCCCCCCCCCCC/C=C\C/C=C\CCCCCCC)COC(OCC[N+](C)(C)C)C(=O)O. The fourth-order valence-corrected chi connectivity index (χ4v) is 8.52. The second-order valence-electron chi connectivity index (χ2n) is 22.0. The Morgan fingerprint density at radius 3 is 1.13 bits per heavy atom. The zero-order valence-electron chi connectivity index (χ0n) is 50.3. The van der Waals surface area contributed by atoms with E-state index in [-0.39, 0.29) is 38.6 Å². The molecule has 0 amide bonds. The number of esters is 2. The van der Waals surface area contributed by atoms with Crippen molar-refractivity contribution in [1.29, 1.82) is 0 Å². The molecule has 0 radical (unpaired) electrons. The second kappa shape index (κ2) is 58.4. The molecular formula is C68H118NO8+. The number of aliphatic carboxylic acids is 1. The van der Waals surface area contributed by atoms with Crippen molar-refractivity contribution in [3.63, 3.8) is 0 Å². The van der Waals surface area contributed by atoms with E-state index in [1.165, 1.54) is 148 Å². The van der Waals surface area contributed by atoms with E-state index in [1.807, 2.05) is 21.1 Å². The maximum Gasteiger partial charge on any atom is 0.361 e. The van der Waals surface area contributed by atoms with Crippen LogP contribution in [0.1, 0.15) is 258 Å². The molecule has 2 unspecified atom stereocenters. The Morgan fingerprint density at radius 2 is 0.740 bits per heavy atom. The molecule has 0 bridgehead atoms. The summed E-state index contributed by atoms with van der Waals surface area (Å²) in [5.41, 5.74) is 0. The molecule has 0 aliphatic rings. The fraction of sp³-hybridized carbons (Fsp3) is 0.721. The summed E-state index contributed by atoms with van der Waals surface area (Å²) >= 11 is 0. The number of allylic oxidation sites excluding steroid dienone is 16. The minimum Gasteiger partial charge on any atom is -0.477 e. The number of hydrogen-bond acceptors (Lipinski definition) is 7. The van der Waals surface area contributed by atoms with Crippen molar-refractivity contribution in [3.05, 3.63) is 97.2 Å². The Balaban J connectivity index is 4.20. The van der Waals surface area contributed by atoms with Gasteiger partial charge in [-0.05, 0) is 96.3 Å². The van der Waals surface area contributed by atoms with Gasteiger partial charge in [0.25, 0.3) is 6.29 Å². The lowest BCUT2D eigenvalue weighted by atomic mass is 10.0. The number of quaternary nitrogens is 1. The maximum absolute atomic E-state index is 12.9. The van der Waals surface area contributed by atoms with Crippen molar-refractivity contribution in [2.24, 2.45) is 0 Å². The number of carboxylic acid groups (broad SMARTS) is 1. The molecule has 0 saturated carbocycles. The van der Waals surface area contributed by atoms with Crippen LogP contribution in [0.5, 0.6) is 0 Å². The summed E-state index contributed by atoms with van der Waals surface area (Å²) < 4.78 is 22.9. The van der Waals surface area contributed by atoms with Crippen LogP contribution in [0.3, 0.4) is 0 Å². The molecule has 0 aromatic heterocycles. The van der Waals surface area contributed by atoms with E-state index in [2.05, 4.69) is 111 Å². The Kier molecular flexibility index (Phi) is 55.5. The number of carboxylic acids is 1. The van der Waals surface area contributed by atoms with E-state index in [4.69, 9.17) is 18.9 Å². The van der Waals surface area contributed by atoms with Crippen molar-refractivity contribution >= 4 is 17.9 Å². The summed E-state index contributed by atoms with van der Waals surface area (Å²) in [7, 11) is 5.95. The van der Waals surface area contributed by atoms with Crippen molar-refractivity contribution in [3.8, 4) is 0 Å². The molecule has 1 N–H and O–H groups in total. The summed E-state index contributed by atoms with van der Waals surface area (Å²) in [5.74, 6) is -2.07. The third-order valence-corrected chi connectivity index (χ3v) is 13.3. The molecule has 0 saturated heterocycles. The minimum absolute atomic E-state index is 0.175. The van der Waals surface area contributed by atoms with E-state index in [1.54, 1.807) is 0 Å². The van der Waals surface area contributed by atoms with Gasteiger partial charge in [0.1, 0.15) is 13.2 Å². The molecule has 77 heavy (non-hydrogen) atoms. The van der Waals surface area contributed by atoms with Crippen LogP contribution in [0.2, 0.25) is 0 Å². The van der Waals surface area contributed by atoms with Gasteiger partial charge in [-0.15, -0.1) is 0 Å². The molecule has 9 heteroatoms. The molecule has 2 atom stereocenters. The van der Waals surface area contributed by atoms with Gasteiger partial charge in [0.2, 0.25) is 0 Å². The first kappa shape index (κ1) is 73.2. The number of nitrogens with zero attached hydrogens (tertiary/aromatic N) is 1. The van der Waals surface area contributed by atoms with E-state index in [0.717, 1.165) is 77.0 Å². The Bertz CT molecular complexity index is 1580. The first-order valence-electron chi connectivity index (χ1n) is 31.4. The minimum atomic E-state index is -1.53. The van der Waals surface area contributed by atoms with Crippen LogP contribution in [0, 0.1) is 0 Å². The average molecular weight is 1080 g/mol. The van der Waals surface area contributed by atoms with Crippen LogP contribution in [0.4, 0.5) is 0 Å². The van der Waals surface area contributed by atoms with E-state index in [9.17, 15) is 19.5 Å². The van der Waals surface area contributed by atoms with E-state index >= 15 is 0 Å². The van der Waals surface area contributed by atoms with Crippen LogP contribution in [-0.2, 0) is 33.3 Å². The Labute approximate surface area is 473 Å². The highest BCUT2D eigenvalue weighted by atomic mass is 16.7. The second-order valence-corrected chi connectivity index (χ2v) is 22.0. The summed E-state index contributed by atoms with van der Waals surface area (Å²) in [6, 6.07) is 0. The van der Waals surface area contributed by atoms with Crippen LogP contribution >= 0.6 is 0 Å². The van der Waals surface area contributed by atoms with E-state index in [0.29, 0.717) is 17.4 Å². The summed E-state index contributed by atoms with van der Waals surface area (Å²) in [6.07, 6.45) is 76.5. The number of unbranched alkanes of at least 4 members (excludes halogenated alkanes) is 26. The number of rotatable bonds is 57. The van der Waals surface area contributed by atoms with Crippen molar-refractivity contribution in [2.45, 2.75) is 270 Å². The van der Waals surface area contributed by atoms with Gasteiger partial charge in [0, 0.05) is 12.8 Å². The summed E-state index contributed by atoms with van der Waals surface area (Å²) in [4.78, 5) is 37.5. The molecule has 0 aliphatic heterocycles. The van der Waals surface area contributed by atoms with Gasteiger partial charge in [0.05, 0.1) is 34.4 Å². The third-order valence-electron chi connectivity index (χ3n) is 13.3. The highest BCUT2D eigenvalue weighted by Crippen LogP contribution is 2.16. The first-order chi connectivity index (χ1) is 37.6. The van der Waals surface area contributed by atoms with Gasteiger partial charge in [-0.1, -0.05) is 246 Å². The molecule has 0 aromatic rings. The average Bonchev–Trinajstić information content (AvgIpc) is 3.40. The van der Waals surface area contributed by atoms with Crippen molar-refractivity contribution in [1.82, 2.24) is 0 Å². The third kappa shape index (κ3) is 59.7. The molecule has 0 spiro atoms. The largest absolute Gasteiger partial charge is 0.477 e. The molecule has 9 nitrogen and oxygen atoms in total. The zero-order chi connectivity index (χ0) is 56.2. The maximum atomic E-state index is 12.9. The molecule has 442 valence electrons. The highest BCUT2D eigenvalue weighted by molar-refractivity contribution is 5.71. The van der Waals surface area contributed by atoms with Gasteiger partial charge >= 0.3 is 17.9 Å². The number of likely N-dealkylation sites (N-methyl/N-ethyl adjacent to an activating group) is 1. The Morgan fingerprint density at radius 1 is 0.403 bits per heavy atom. The fourth-order valence-electron chi connectivity index (χ4n) is 8.52. The monoisotopic (exact) mass is 1080 g/mol. The van der Waals surface area contributed by atoms with Crippen LogP contribution in [0.15, 0.2) is 97.2 Å². The van der Waals surface area contributed by atoms with E-state index < -0.39 is 24.3 Å². The van der Waals surface area contributed by atoms with Gasteiger partial charge < -0.3 is 28.5 Å². The summed E-state index contributed by atoms with van der Waals surface area (Å²) in [5, 5.41) is 9.71. The van der Waals surface area contributed by atoms with Gasteiger partial charge in [-0.3, -0.25) is 9.59 Å². The zero-order valence-corrected chi connectivity index (χ0v) is 50.3. The number of hydrogen-bond donors (Lipinski definition) is 1. The van der Waals surface area contributed by atoms with Gasteiger partial charge in [-0.2, -0.15) is 0 Å². The van der Waals surface area contributed by atoms with Gasteiger partial charge in [-0.25, -0.2) is 4.79 Å². The standard InChI is InChI=1S/C68H117NO8/c1-6-8-10-12-14-16-18-20-22-24-26-28-29-30-31-32-33-34-35-36-37-39-40-42-44-46-48-50-52-54-56-58-65(70)75-62-64(63-76-68(67(72)73)74-61-60-69(3,4)5)77-66(71)59-57-55-53-51-49-47-45-43-41-38-27-25-23-21-19-17-15-13-11-9-7-2/h9,11,15,17-18,20-21,23-24,26-27,38,43,45,49,51,64,68H,6-8,10,12-14,16,19,22,25,28-37,39-42,44,46-48,50,52-63H2,1-5H3/p+1/b11-9-,17-15-,20-18-,23-21-,26-24-,38-27-,45-43-,51-49-. The highest BCUT2D eigenvalue weighted by Gasteiger charge is 2.25. The quantitative estimate of drug-likeness (QED) is 0.0211. The molecule has 0 heterocycles. The lowest BCUT2D eigenvalue weighted by Gasteiger charge is -2.25. The number of ether oxygens (including phenoxy) is 4. The number of carbonyl (C=O) groups excluding carboxylic acids is 2. The van der Waals surface area contributed by atoms with Crippen LogP contribution < -0.4 is 0 Å². The normalized spacial score (nSPS) is 13.4. The van der Waals surface area contributed by atoms with Crippen LogP contribution in [-0.4, -0.2) is 87.4 Å². The summed E-state index contributed by atoms with van der Waals surface area (Å²) in [6.45, 7) is 4.71. The predicted molar refractivity (Wildman–Crippen MR) is 327 cm³/mol. The number of carbonyl (C=O) groups is 3. The molecule has 0 aromatic carbocycles. The predicted octanol–water partition coefficient (Wildman–Crippen LogP) is 18.9. The first-order valence-corrected chi connectivity index (χ1v) is 31.4. The molecule has 0 fully saturated rings. The molecule has 0 aliphatic carbocycles. The lowest BCUT2D eigenvalue weighted by Crippen LogP contribution is -2.40. The molecule has 0 rings (SSSR count). The topological polar surface area (TPSA) is 108 Å². The Hall–Kier alpha value is -3.79. The smallest absolute Gasteiger partial charge is 0.361 e.